The van der Waals surface area contributed by atoms with Crippen LogP contribution in [-0.4, -0.2) is 37.8 Å². The second-order valence-corrected chi connectivity index (χ2v) is 11.2. The highest BCUT2D eigenvalue weighted by Crippen LogP contribution is 2.45. The van der Waals surface area contributed by atoms with Gasteiger partial charge in [-0.3, -0.25) is 4.79 Å². The number of nitrogens with one attached hydrogen (secondary N) is 1. The van der Waals surface area contributed by atoms with Gasteiger partial charge in [0.1, 0.15) is 11.6 Å². The molecule has 0 bridgehead atoms. The van der Waals surface area contributed by atoms with Gasteiger partial charge in [-0.25, -0.2) is 9.97 Å². The minimum Gasteiger partial charge on any atom is -0.396 e. The molecule has 2 aromatic rings. The predicted octanol–water partition coefficient (Wildman–Crippen LogP) is 7.10. The van der Waals surface area contributed by atoms with Crippen molar-refractivity contribution in [1.82, 2.24) is 19.5 Å². The topological polar surface area (TPSA) is 102 Å². The SMILES string of the molecule is C=C(CCCCCCCC[C@H]1C[C@H](n2cnc3c(=O)[nH]c(C)nc32)C(=C)[C@@H]1CO)OOCCCCCCCC. The van der Waals surface area contributed by atoms with Gasteiger partial charge in [-0.2, -0.15) is 4.89 Å². The van der Waals surface area contributed by atoms with Crippen molar-refractivity contribution in [2.75, 3.05) is 13.2 Å². The molecule has 2 aromatic heterocycles. The fraction of sp³-hybridized carbons (Fsp3) is 0.710. The molecule has 3 rings (SSSR count). The molecule has 1 aliphatic carbocycles. The van der Waals surface area contributed by atoms with Crippen molar-refractivity contribution in [3.63, 3.8) is 0 Å². The van der Waals surface area contributed by atoms with Crippen LogP contribution in [0.4, 0.5) is 0 Å². The monoisotopic (exact) mass is 542 g/mol. The van der Waals surface area contributed by atoms with Crippen LogP contribution in [0.2, 0.25) is 0 Å². The summed E-state index contributed by atoms with van der Waals surface area (Å²) in [6, 6.07) is 0.0101. The van der Waals surface area contributed by atoms with Crippen molar-refractivity contribution in [1.29, 1.82) is 0 Å². The van der Waals surface area contributed by atoms with Gasteiger partial charge in [0.2, 0.25) is 0 Å². The predicted molar refractivity (Wildman–Crippen MR) is 156 cm³/mol. The molecule has 1 saturated carbocycles. The summed E-state index contributed by atoms with van der Waals surface area (Å²) < 4.78 is 1.97. The highest BCUT2D eigenvalue weighted by atomic mass is 17.2. The zero-order valence-corrected chi connectivity index (χ0v) is 24.3. The first kappa shape index (κ1) is 31.1. The van der Waals surface area contributed by atoms with Crippen molar-refractivity contribution >= 4 is 11.2 Å². The minimum absolute atomic E-state index is 0.0101. The fourth-order valence-corrected chi connectivity index (χ4v) is 5.84. The highest BCUT2D eigenvalue weighted by molar-refractivity contribution is 5.69. The first-order valence-corrected chi connectivity index (χ1v) is 15.2. The van der Waals surface area contributed by atoms with Crippen LogP contribution in [0.5, 0.6) is 0 Å². The second-order valence-electron chi connectivity index (χ2n) is 11.2. The van der Waals surface area contributed by atoms with Crippen molar-refractivity contribution in [2.45, 2.75) is 116 Å². The van der Waals surface area contributed by atoms with Gasteiger partial charge in [-0.05, 0) is 44.1 Å². The van der Waals surface area contributed by atoms with Crippen molar-refractivity contribution in [2.24, 2.45) is 11.8 Å². The van der Waals surface area contributed by atoms with Crippen molar-refractivity contribution in [3.8, 4) is 0 Å². The van der Waals surface area contributed by atoms with Gasteiger partial charge in [0.25, 0.3) is 5.56 Å². The summed E-state index contributed by atoms with van der Waals surface area (Å²) in [5, 5.41) is 10.1. The first-order chi connectivity index (χ1) is 19.0. The van der Waals surface area contributed by atoms with Crippen LogP contribution < -0.4 is 5.56 Å². The van der Waals surface area contributed by atoms with E-state index in [1.165, 1.54) is 57.8 Å². The van der Waals surface area contributed by atoms with Crippen LogP contribution in [0.3, 0.4) is 0 Å². The van der Waals surface area contributed by atoms with E-state index in [2.05, 4.69) is 35.0 Å². The summed E-state index contributed by atoms with van der Waals surface area (Å²) in [6.45, 7) is 13.1. The lowest BCUT2D eigenvalue weighted by Crippen LogP contribution is -2.14. The van der Waals surface area contributed by atoms with Crippen LogP contribution in [0.25, 0.3) is 11.2 Å². The molecule has 0 aliphatic heterocycles. The van der Waals surface area contributed by atoms with Crippen molar-refractivity contribution < 1.29 is 14.9 Å². The maximum Gasteiger partial charge on any atom is 0.279 e. The fourth-order valence-electron chi connectivity index (χ4n) is 5.84. The highest BCUT2D eigenvalue weighted by Gasteiger charge is 2.38. The second kappa shape index (κ2) is 16.6. The Kier molecular flexibility index (Phi) is 13.2. The number of fused-ring (bicyclic) bond motifs is 1. The summed E-state index contributed by atoms with van der Waals surface area (Å²) in [5.74, 6) is 1.75. The number of hydrogen-bond donors (Lipinski definition) is 2. The van der Waals surface area contributed by atoms with Gasteiger partial charge in [-0.15, -0.1) is 0 Å². The minimum atomic E-state index is -0.219. The Labute approximate surface area is 233 Å². The third kappa shape index (κ3) is 9.31. The molecule has 1 fully saturated rings. The number of allylic oxidation sites excluding steroid dienone is 1. The van der Waals surface area contributed by atoms with Crippen LogP contribution in [0.1, 0.15) is 115 Å². The molecule has 0 spiro atoms. The maximum absolute atomic E-state index is 12.2. The molecule has 8 heteroatoms. The molecular formula is C31H50N4O4. The first-order valence-electron chi connectivity index (χ1n) is 15.2. The number of nitrogens with zero attached hydrogens (tertiary/aromatic N) is 3. The average Bonchev–Trinajstić information content (AvgIpc) is 3.47. The molecule has 218 valence electrons. The van der Waals surface area contributed by atoms with E-state index < -0.39 is 0 Å². The lowest BCUT2D eigenvalue weighted by Gasteiger charge is -2.17. The number of rotatable bonds is 20. The van der Waals surface area contributed by atoms with Gasteiger partial charge < -0.3 is 19.5 Å². The zero-order chi connectivity index (χ0) is 28.0. The van der Waals surface area contributed by atoms with E-state index in [-0.39, 0.29) is 24.1 Å². The number of aromatic nitrogens is 4. The van der Waals surface area contributed by atoms with Gasteiger partial charge in [0.15, 0.2) is 11.2 Å². The lowest BCUT2D eigenvalue weighted by molar-refractivity contribution is -0.264. The standard InChI is InChI=1S/C31H50N4O4/c1-5-6-7-8-13-16-19-38-39-23(2)17-14-11-9-10-12-15-18-26-20-28(24(3)27(26)21-36)35-22-32-29-30(35)33-25(4)34-31(29)37/h22,26-28,36H,2-3,5-21H2,1,4H3,(H,33,34,37)/t26-,27-,28-/m0/s1. The zero-order valence-electron chi connectivity index (χ0n) is 24.3. The van der Waals surface area contributed by atoms with Gasteiger partial charge in [0, 0.05) is 18.9 Å². The smallest absolute Gasteiger partial charge is 0.279 e. The van der Waals surface area contributed by atoms with E-state index in [0.717, 1.165) is 49.9 Å². The number of unbranched alkanes of at least 4 members (excludes halogenated alkanes) is 10. The largest absolute Gasteiger partial charge is 0.396 e. The normalized spacial score (nSPS) is 19.3. The molecular weight excluding hydrogens is 492 g/mol. The molecule has 0 amide bonds. The third-order valence-electron chi connectivity index (χ3n) is 8.12. The van der Waals surface area contributed by atoms with Crippen LogP contribution in [-0.2, 0) is 9.78 Å². The lowest BCUT2D eigenvalue weighted by atomic mass is 9.90. The number of H-pyrrole nitrogens is 1. The number of aromatic amines is 1. The summed E-state index contributed by atoms with van der Waals surface area (Å²) >= 11 is 0. The Balaban J connectivity index is 1.28. The molecule has 39 heavy (non-hydrogen) atoms. The van der Waals surface area contributed by atoms with E-state index in [9.17, 15) is 9.90 Å². The van der Waals surface area contributed by atoms with Gasteiger partial charge in [-0.1, -0.05) is 84.3 Å². The van der Waals surface area contributed by atoms with E-state index in [1.807, 2.05) is 4.57 Å². The van der Waals surface area contributed by atoms with E-state index in [0.29, 0.717) is 29.5 Å². The molecule has 0 saturated heterocycles. The average molecular weight is 543 g/mol. The summed E-state index contributed by atoms with van der Waals surface area (Å²) in [4.78, 5) is 34.4. The summed E-state index contributed by atoms with van der Waals surface area (Å²) in [7, 11) is 0. The molecule has 8 nitrogen and oxygen atoms in total. The molecule has 0 radical (unpaired) electrons. The van der Waals surface area contributed by atoms with E-state index in [1.54, 1.807) is 13.3 Å². The molecule has 0 unspecified atom stereocenters. The number of aryl methyl sites for hydroxylation is 1. The Morgan fingerprint density at radius 2 is 1.79 bits per heavy atom. The van der Waals surface area contributed by atoms with Crippen LogP contribution in [0.15, 0.2) is 35.6 Å². The van der Waals surface area contributed by atoms with Crippen LogP contribution in [0, 0.1) is 18.8 Å². The Morgan fingerprint density at radius 3 is 2.54 bits per heavy atom. The molecule has 2 heterocycles. The molecule has 1 aliphatic rings. The van der Waals surface area contributed by atoms with Gasteiger partial charge >= 0.3 is 0 Å². The Bertz CT molecular complexity index is 1090. The van der Waals surface area contributed by atoms with Crippen LogP contribution >= 0.6 is 0 Å². The van der Waals surface area contributed by atoms with E-state index in [4.69, 9.17) is 9.78 Å². The number of hydrogen-bond acceptors (Lipinski definition) is 6. The summed E-state index contributed by atoms with van der Waals surface area (Å²) in [6.07, 6.45) is 18.9. The van der Waals surface area contributed by atoms with Crippen molar-refractivity contribution in [3.05, 3.63) is 47.0 Å². The Hall–Kier alpha value is -2.45. The number of aliphatic hydroxyl groups excluding tert-OH is 1. The molecule has 3 atom stereocenters. The maximum atomic E-state index is 12.2. The van der Waals surface area contributed by atoms with Gasteiger partial charge in [0.05, 0.1) is 19.0 Å². The summed E-state index contributed by atoms with van der Waals surface area (Å²) in [5.41, 5.74) is 1.74. The Morgan fingerprint density at radius 1 is 1.10 bits per heavy atom. The number of imidazole rings is 1. The quantitative estimate of drug-likeness (QED) is 0.0608. The van der Waals surface area contributed by atoms with E-state index >= 15 is 0 Å². The molecule has 0 aromatic carbocycles. The number of aliphatic hydroxyl groups is 1. The molecule has 2 N–H and O–H groups in total. The third-order valence-corrected chi connectivity index (χ3v) is 8.12.